The van der Waals surface area contributed by atoms with Crippen LogP contribution in [-0.4, -0.2) is 41.9 Å². The Morgan fingerprint density at radius 2 is 1.50 bits per heavy atom. The van der Waals surface area contributed by atoms with Gasteiger partial charge in [-0.1, -0.05) is 50.2 Å². The molecule has 0 bridgehead atoms. The molecule has 1 amide bonds. The van der Waals surface area contributed by atoms with Gasteiger partial charge in [-0.2, -0.15) is 4.72 Å². The number of anilines is 2. The molecule has 0 saturated heterocycles. The molecule has 0 radical (unpaired) electrons. The number of furan rings is 1. The van der Waals surface area contributed by atoms with E-state index in [1.165, 1.54) is 25.3 Å². The number of nitrogens with one attached hydrogen (secondary N) is 3. The first kappa shape index (κ1) is 32.9. The zero-order chi connectivity index (χ0) is 33.2. The molecule has 1 atom stereocenters. The molecule has 0 spiro atoms. The summed E-state index contributed by atoms with van der Waals surface area (Å²) in [6.07, 6.45) is 0. The third-order valence-corrected chi connectivity index (χ3v) is 11.4. The van der Waals surface area contributed by atoms with Gasteiger partial charge in [0.15, 0.2) is 5.76 Å². The average Bonchev–Trinajstić information content (AvgIpc) is 3.70. The summed E-state index contributed by atoms with van der Waals surface area (Å²) < 4.78 is 67.2. The number of benzene rings is 3. The zero-order valence-electron chi connectivity index (χ0n) is 25.2. The van der Waals surface area contributed by atoms with Crippen molar-refractivity contribution in [2.45, 2.75) is 35.9 Å². The van der Waals surface area contributed by atoms with E-state index in [-0.39, 0.29) is 20.8 Å². The van der Waals surface area contributed by atoms with Crippen LogP contribution in [0.1, 0.15) is 30.0 Å². The Balaban J connectivity index is 1.30. The maximum Gasteiger partial charge on any atom is 0.324 e. The second kappa shape index (κ2) is 13.1. The smallest absolute Gasteiger partial charge is 0.324 e. The number of esters is 1. The quantitative estimate of drug-likeness (QED) is 0.143. The van der Waals surface area contributed by atoms with E-state index in [4.69, 9.17) is 9.15 Å². The van der Waals surface area contributed by atoms with E-state index in [1.807, 2.05) is 0 Å². The Labute approximate surface area is 270 Å². The third-order valence-electron chi connectivity index (χ3n) is 7.21. The Morgan fingerprint density at radius 3 is 2.09 bits per heavy atom. The summed E-state index contributed by atoms with van der Waals surface area (Å²) >= 11 is 1.10. The van der Waals surface area contributed by atoms with Crippen LogP contribution in [0.5, 0.6) is 0 Å². The molecule has 2 aromatic heterocycles. The van der Waals surface area contributed by atoms with E-state index in [9.17, 15) is 26.4 Å². The number of sulfonamides is 2. The van der Waals surface area contributed by atoms with Crippen molar-refractivity contribution in [1.29, 1.82) is 0 Å². The Morgan fingerprint density at radius 1 is 0.848 bits per heavy atom. The van der Waals surface area contributed by atoms with Crippen molar-refractivity contribution in [3.8, 4) is 11.1 Å². The van der Waals surface area contributed by atoms with Gasteiger partial charge in [0.25, 0.3) is 15.9 Å². The van der Waals surface area contributed by atoms with Crippen molar-refractivity contribution >= 4 is 65.6 Å². The van der Waals surface area contributed by atoms with E-state index in [0.717, 1.165) is 22.5 Å². The lowest BCUT2D eigenvalue weighted by Crippen LogP contribution is -2.44. The summed E-state index contributed by atoms with van der Waals surface area (Å²) in [7, 11) is -6.59. The van der Waals surface area contributed by atoms with Crippen molar-refractivity contribution in [1.82, 2.24) is 4.72 Å². The lowest BCUT2D eigenvalue weighted by Gasteiger charge is -2.19. The number of hydrogen-bond acceptors (Lipinski definition) is 9. The number of ether oxygens (including phenoxy) is 1. The molecule has 240 valence electrons. The fourth-order valence-electron chi connectivity index (χ4n) is 4.80. The predicted molar refractivity (Wildman–Crippen MR) is 177 cm³/mol. The molecule has 3 N–H and O–H groups in total. The number of thiophene rings is 1. The average molecular weight is 682 g/mol. The SMILES string of the molecule is COC(=O)C(NS(=O)(=O)c1ccc(-c2ccc(NC(=O)c3oc4cccc(NS(=O)(=O)c5cccs5)c4c3C)cc2)cc1)C(C)C. The van der Waals surface area contributed by atoms with Crippen molar-refractivity contribution < 1.29 is 35.6 Å². The molecule has 3 aromatic carbocycles. The van der Waals surface area contributed by atoms with E-state index in [0.29, 0.717) is 27.9 Å². The first-order valence-corrected chi connectivity index (χ1v) is 17.9. The second-order valence-corrected chi connectivity index (χ2v) is 15.3. The molecule has 0 fully saturated rings. The number of rotatable bonds is 11. The monoisotopic (exact) mass is 681 g/mol. The summed E-state index contributed by atoms with van der Waals surface area (Å²) in [5.74, 6) is -1.45. The lowest BCUT2D eigenvalue weighted by atomic mass is 10.1. The van der Waals surface area contributed by atoms with Gasteiger partial charge in [0.05, 0.1) is 17.7 Å². The third kappa shape index (κ3) is 6.84. The highest BCUT2D eigenvalue weighted by atomic mass is 32.2. The van der Waals surface area contributed by atoms with Crippen LogP contribution in [0.3, 0.4) is 0 Å². The minimum absolute atomic E-state index is 0.00151. The van der Waals surface area contributed by atoms with Gasteiger partial charge in [-0.05, 0) is 71.8 Å². The van der Waals surface area contributed by atoms with Crippen molar-refractivity contribution in [2.75, 3.05) is 17.1 Å². The van der Waals surface area contributed by atoms with Gasteiger partial charge < -0.3 is 14.5 Å². The second-order valence-electron chi connectivity index (χ2n) is 10.7. The first-order chi connectivity index (χ1) is 21.8. The molecule has 46 heavy (non-hydrogen) atoms. The topological polar surface area (TPSA) is 161 Å². The normalized spacial score (nSPS) is 12.6. The largest absolute Gasteiger partial charge is 0.468 e. The Hall–Kier alpha value is -4.50. The lowest BCUT2D eigenvalue weighted by molar-refractivity contribution is -0.143. The molecule has 0 saturated carbocycles. The summed E-state index contributed by atoms with van der Waals surface area (Å²) in [5.41, 5.74) is 3.12. The number of carbonyl (C=O) groups is 2. The summed E-state index contributed by atoms with van der Waals surface area (Å²) in [5, 5.41) is 4.96. The molecule has 11 nitrogen and oxygen atoms in total. The van der Waals surface area contributed by atoms with Crippen LogP contribution in [0.2, 0.25) is 0 Å². The number of aryl methyl sites for hydroxylation is 1. The minimum Gasteiger partial charge on any atom is -0.468 e. The highest BCUT2D eigenvalue weighted by Crippen LogP contribution is 2.34. The summed E-state index contributed by atoms with van der Waals surface area (Å²) in [4.78, 5) is 25.2. The zero-order valence-corrected chi connectivity index (χ0v) is 27.7. The summed E-state index contributed by atoms with van der Waals surface area (Å²) in [6.45, 7) is 5.12. The molecular weight excluding hydrogens is 651 g/mol. The molecule has 5 aromatic rings. The van der Waals surface area contributed by atoms with Crippen LogP contribution in [0.4, 0.5) is 11.4 Å². The van der Waals surface area contributed by atoms with E-state index in [2.05, 4.69) is 14.8 Å². The van der Waals surface area contributed by atoms with E-state index in [1.54, 1.807) is 86.8 Å². The van der Waals surface area contributed by atoms with E-state index >= 15 is 0 Å². The van der Waals surface area contributed by atoms with E-state index < -0.39 is 38.0 Å². The molecule has 0 aliphatic carbocycles. The molecular formula is C32H31N3O8S3. The van der Waals surface area contributed by atoms with Crippen LogP contribution in [0, 0.1) is 12.8 Å². The van der Waals surface area contributed by atoms with Crippen LogP contribution in [-0.2, 0) is 29.6 Å². The Kier molecular flexibility index (Phi) is 9.35. The van der Waals surface area contributed by atoms with Gasteiger partial charge in [0.1, 0.15) is 15.8 Å². The maximum atomic E-state index is 13.2. The fraction of sp³-hybridized carbons (Fsp3) is 0.188. The van der Waals surface area contributed by atoms with Gasteiger partial charge in [-0.15, -0.1) is 11.3 Å². The number of hydrogen-bond donors (Lipinski definition) is 3. The van der Waals surface area contributed by atoms with Crippen LogP contribution in [0.15, 0.2) is 97.8 Å². The maximum absolute atomic E-state index is 13.2. The number of fused-ring (bicyclic) bond motifs is 1. The standard InChI is InChI=1S/C32H31N3O8S3/c1-19(2)29(32(37)42-4)35-45(38,39)24-16-12-22(13-17-24)21-10-14-23(15-11-21)33-31(36)30-20(3)28-25(7-5-8-26(28)43-30)34-46(40,41)27-9-6-18-44-27/h5-19,29,34-35H,1-4H3,(H,33,36). The van der Waals surface area contributed by atoms with Crippen LogP contribution >= 0.6 is 11.3 Å². The predicted octanol–water partition coefficient (Wildman–Crippen LogP) is 6.00. The first-order valence-electron chi connectivity index (χ1n) is 14.0. The highest BCUT2D eigenvalue weighted by molar-refractivity contribution is 7.94. The van der Waals surface area contributed by atoms with Gasteiger partial charge in [-0.25, -0.2) is 16.8 Å². The molecule has 0 aliphatic heterocycles. The number of amides is 1. The molecule has 2 heterocycles. The fourth-order valence-corrected chi connectivity index (χ4v) is 8.19. The van der Waals surface area contributed by atoms with Gasteiger partial charge in [0, 0.05) is 16.6 Å². The molecule has 14 heteroatoms. The van der Waals surface area contributed by atoms with Crippen LogP contribution in [0.25, 0.3) is 22.1 Å². The molecule has 0 aliphatic rings. The highest BCUT2D eigenvalue weighted by Gasteiger charge is 2.29. The van der Waals surface area contributed by atoms with Crippen molar-refractivity contribution in [2.24, 2.45) is 5.92 Å². The number of methoxy groups -OCH3 is 1. The van der Waals surface area contributed by atoms with Gasteiger partial charge >= 0.3 is 5.97 Å². The Bertz CT molecular complexity index is 2100. The van der Waals surface area contributed by atoms with Gasteiger partial charge in [0.2, 0.25) is 10.0 Å². The molecule has 1 unspecified atom stereocenters. The van der Waals surface area contributed by atoms with Crippen molar-refractivity contribution in [3.05, 3.63) is 95.6 Å². The summed E-state index contributed by atoms with van der Waals surface area (Å²) in [6, 6.07) is 20.2. The van der Waals surface area contributed by atoms with Gasteiger partial charge in [-0.3, -0.25) is 14.3 Å². The minimum atomic E-state index is -3.98. The molecule has 5 rings (SSSR count). The number of carbonyl (C=O) groups excluding carboxylic acids is 2. The van der Waals surface area contributed by atoms with Crippen LogP contribution < -0.4 is 14.8 Å². The van der Waals surface area contributed by atoms with Crippen molar-refractivity contribution in [3.63, 3.8) is 0 Å².